The van der Waals surface area contributed by atoms with E-state index in [2.05, 4.69) is 11.8 Å². The molecule has 1 heterocycles. The first-order valence-corrected chi connectivity index (χ1v) is 7.08. The lowest BCUT2D eigenvalue weighted by molar-refractivity contribution is -0.142. The van der Waals surface area contributed by atoms with Gasteiger partial charge in [-0.3, -0.25) is 4.79 Å². The highest BCUT2D eigenvalue weighted by molar-refractivity contribution is 5.71. The monoisotopic (exact) mass is 237 g/mol. The third-order valence-electron chi connectivity index (χ3n) is 5.38. The summed E-state index contributed by atoms with van der Waals surface area (Å²) < 4.78 is 0. The van der Waals surface area contributed by atoms with Gasteiger partial charge in [0.15, 0.2) is 0 Å². The summed E-state index contributed by atoms with van der Waals surface area (Å²) in [6.07, 6.45) is 5.75. The summed E-state index contributed by atoms with van der Waals surface area (Å²) in [5.41, 5.74) is 0. The van der Waals surface area contributed by atoms with Crippen molar-refractivity contribution in [1.29, 1.82) is 0 Å². The van der Waals surface area contributed by atoms with Crippen LogP contribution in [0.25, 0.3) is 0 Å². The van der Waals surface area contributed by atoms with Crippen molar-refractivity contribution < 1.29 is 9.90 Å². The van der Waals surface area contributed by atoms with Gasteiger partial charge in [0.1, 0.15) is 0 Å². The number of carboxylic acid groups (broad SMARTS) is 1. The molecule has 0 spiro atoms. The number of hydrogen-bond acceptors (Lipinski definition) is 2. The number of rotatable bonds is 3. The van der Waals surface area contributed by atoms with E-state index in [0.717, 1.165) is 37.4 Å². The lowest BCUT2D eigenvalue weighted by atomic mass is 9.88. The number of aliphatic carboxylic acids is 1. The number of fused-ring (bicyclic) bond motifs is 2. The minimum atomic E-state index is -0.604. The molecule has 3 rings (SSSR count). The van der Waals surface area contributed by atoms with Gasteiger partial charge in [-0.05, 0) is 42.9 Å². The number of nitrogens with zero attached hydrogens (tertiary/aromatic N) is 1. The molecule has 1 aliphatic heterocycles. The molecular formula is C14H23NO2. The second-order valence-electron chi connectivity index (χ2n) is 6.58. The maximum Gasteiger partial charge on any atom is 0.308 e. The first-order chi connectivity index (χ1) is 8.13. The van der Waals surface area contributed by atoms with Crippen LogP contribution >= 0.6 is 0 Å². The van der Waals surface area contributed by atoms with Gasteiger partial charge < -0.3 is 10.0 Å². The molecule has 0 aromatic rings. The Labute approximate surface area is 103 Å². The molecule has 3 nitrogen and oxygen atoms in total. The molecular weight excluding hydrogens is 214 g/mol. The second-order valence-corrected chi connectivity index (χ2v) is 6.58. The molecule has 1 N–H and O–H groups in total. The minimum absolute atomic E-state index is 0.131. The van der Waals surface area contributed by atoms with Gasteiger partial charge in [0.2, 0.25) is 0 Å². The first kappa shape index (κ1) is 11.5. The lowest BCUT2D eigenvalue weighted by Gasteiger charge is -2.26. The minimum Gasteiger partial charge on any atom is -0.481 e. The van der Waals surface area contributed by atoms with Gasteiger partial charge in [-0.25, -0.2) is 0 Å². The molecule has 3 aliphatic rings. The van der Waals surface area contributed by atoms with Crippen LogP contribution in [0.4, 0.5) is 0 Å². The van der Waals surface area contributed by atoms with Gasteiger partial charge in [0.05, 0.1) is 5.92 Å². The van der Waals surface area contributed by atoms with Gasteiger partial charge in [0, 0.05) is 19.6 Å². The van der Waals surface area contributed by atoms with E-state index in [0.29, 0.717) is 5.92 Å². The first-order valence-electron chi connectivity index (χ1n) is 7.08. The molecule has 2 saturated carbocycles. The molecule has 3 fully saturated rings. The topological polar surface area (TPSA) is 40.5 Å². The van der Waals surface area contributed by atoms with Crippen LogP contribution in [0.15, 0.2) is 0 Å². The molecule has 5 atom stereocenters. The Hall–Kier alpha value is -0.570. The summed E-state index contributed by atoms with van der Waals surface area (Å²) in [6, 6.07) is 0. The van der Waals surface area contributed by atoms with Crippen molar-refractivity contribution in [2.45, 2.75) is 32.6 Å². The van der Waals surface area contributed by atoms with Gasteiger partial charge in [0.25, 0.3) is 0 Å². The van der Waals surface area contributed by atoms with Crippen LogP contribution in [0.1, 0.15) is 32.6 Å². The predicted octanol–water partition coefficient (Wildman–Crippen LogP) is 2.08. The second kappa shape index (κ2) is 4.27. The normalized spacial score (nSPS) is 45.6. The largest absolute Gasteiger partial charge is 0.481 e. The van der Waals surface area contributed by atoms with Crippen LogP contribution in [0.2, 0.25) is 0 Å². The van der Waals surface area contributed by atoms with Gasteiger partial charge in [-0.15, -0.1) is 0 Å². The van der Waals surface area contributed by atoms with Crippen LogP contribution in [0, 0.1) is 29.6 Å². The highest BCUT2D eigenvalue weighted by Gasteiger charge is 2.42. The van der Waals surface area contributed by atoms with Crippen LogP contribution < -0.4 is 0 Å². The summed E-state index contributed by atoms with van der Waals surface area (Å²) in [4.78, 5) is 13.5. The average Bonchev–Trinajstić information content (AvgIpc) is 2.93. The highest BCUT2D eigenvalue weighted by Crippen LogP contribution is 2.48. The standard InChI is InChI=1S/C14H23NO2/c1-9-6-15(8-13(9)14(16)17)7-12-5-10-2-3-11(12)4-10/h9-13H,2-8H2,1H3,(H,16,17)/t9-,10?,11?,12?,13-/m1/s1. The molecule has 1 saturated heterocycles. The summed E-state index contributed by atoms with van der Waals surface area (Å²) in [6.45, 7) is 5.02. The molecule has 17 heavy (non-hydrogen) atoms. The van der Waals surface area contributed by atoms with Crippen molar-refractivity contribution in [2.75, 3.05) is 19.6 Å². The van der Waals surface area contributed by atoms with Gasteiger partial charge in [-0.1, -0.05) is 13.3 Å². The maximum absolute atomic E-state index is 11.1. The molecule has 96 valence electrons. The quantitative estimate of drug-likeness (QED) is 0.817. The molecule has 2 aliphatic carbocycles. The predicted molar refractivity (Wildman–Crippen MR) is 65.7 cm³/mol. The van der Waals surface area contributed by atoms with E-state index in [1.807, 2.05) is 0 Å². The Morgan fingerprint density at radius 3 is 2.65 bits per heavy atom. The van der Waals surface area contributed by atoms with Crippen molar-refractivity contribution in [3.63, 3.8) is 0 Å². The third-order valence-corrected chi connectivity index (χ3v) is 5.38. The van der Waals surface area contributed by atoms with E-state index in [9.17, 15) is 4.79 Å². The van der Waals surface area contributed by atoms with E-state index in [1.165, 1.54) is 25.7 Å². The van der Waals surface area contributed by atoms with Crippen LogP contribution in [0.5, 0.6) is 0 Å². The zero-order chi connectivity index (χ0) is 12.0. The molecule has 0 radical (unpaired) electrons. The Morgan fingerprint density at radius 2 is 2.12 bits per heavy atom. The smallest absolute Gasteiger partial charge is 0.308 e. The molecule has 0 aromatic heterocycles. The van der Waals surface area contributed by atoms with E-state index < -0.39 is 5.97 Å². The molecule has 0 amide bonds. The summed E-state index contributed by atoms with van der Waals surface area (Å²) in [5, 5.41) is 9.14. The van der Waals surface area contributed by atoms with Crippen LogP contribution in [0.3, 0.4) is 0 Å². The Bertz CT molecular complexity index is 317. The maximum atomic E-state index is 11.1. The summed E-state index contributed by atoms with van der Waals surface area (Å²) in [7, 11) is 0. The fourth-order valence-electron chi connectivity index (χ4n) is 4.47. The van der Waals surface area contributed by atoms with Crippen LogP contribution in [-0.4, -0.2) is 35.6 Å². The number of carbonyl (C=O) groups is 1. The van der Waals surface area contributed by atoms with Crippen molar-refractivity contribution >= 4 is 5.97 Å². The summed E-state index contributed by atoms with van der Waals surface area (Å²) >= 11 is 0. The molecule has 2 bridgehead atoms. The molecule has 3 heteroatoms. The zero-order valence-corrected chi connectivity index (χ0v) is 10.6. The van der Waals surface area contributed by atoms with Crippen molar-refractivity contribution in [3.8, 4) is 0 Å². The van der Waals surface area contributed by atoms with E-state index in [1.54, 1.807) is 0 Å². The van der Waals surface area contributed by atoms with Gasteiger partial charge in [-0.2, -0.15) is 0 Å². The Kier molecular flexibility index (Phi) is 2.89. The fraction of sp³-hybridized carbons (Fsp3) is 0.929. The fourth-order valence-corrected chi connectivity index (χ4v) is 4.47. The SMILES string of the molecule is C[C@@H]1CN(CC2CC3CCC2C3)C[C@H]1C(=O)O. The zero-order valence-electron chi connectivity index (χ0n) is 10.6. The van der Waals surface area contributed by atoms with Crippen molar-refractivity contribution in [3.05, 3.63) is 0 Å². The van der Waals surface area contributed by atoms with E-state index in [-0.39, 0.29) is 5.92 Å². The number of hydrogen-bond donors (Lipinski definition) is 1. The number of likely N-dealkylation sites (tertiary alicyclic amines) is 1. The van der Waals surface area contributed by atoms with Crippen molar-refractivity contribution in [2.24, 2.45) is 29.6 Å². The van der Waals surface area contributed by atoms with Crippen molar-refractivity contribution in [1.82, 2.24) is 4.90 Å². The summed E-state index contributed by atoms with van der Waals surface area (Å²) in [5.74, 6) is 2.42. The average molecular weight is 237 g/mol. The van der Waals surface area contributed by atoms with E-state index in [4.69, 9.17) is 5.11 Å². The highest BCUT2D eigenvalue weighted by atomic mass is 16.4. The van der Waals surface area contributed by atoms with Gasteiger partial charge >= 0.3 is 5.97 Å². The Morgan fingerprint density at radius 1 is 1.29 bits per heavy atom. The van der Waals surface area contributed by atoms with Crippen LogP contribution in [-0.2, 0) is 4.79 Å². The molecule has 0 aromatic carbocycles. The lowest BCUT2D eigenvalue weighted by Crippen LogP contribution is -2.31. The third kappa shape index (κ3) is 2.10. The number of carboxylic acids is 1. The van der Waals surface area contributed by atoms with E-state index >= 15 is 0 Å². The molecule has 3 unspecified atom stereocenters. The Balaban J connectivity index is 1.55.